The van der Waals surface area contributed by atoms with Gasteiger partial charge in [-0.3, -0.25) is 4.79 Å². The minimum atomic E-state index is -0.118. The summed E-state index contributed by atoms with van der Waals surface area (Å²) in [6.07, 6.45) is 0. The Morgan fingerprint density at radius 3 is 2.11 bits per heavy atom. The highest BCUT2D eigenvalue weighted by molar-refractivity contribution is 5.65. The van der Waals surface area contributed by atoms with E-state index >= 15 is 0 Å². The maximum Gasteiger partial charge on any atom is 0.228 e. The van der Waals surface area contributed by atoms with Crippen molar-refractivity contribution in [3.8, 4) is 22.6 Å². The lowest BCUT2D eigenvalue weighted by Gasteiger charge is -2.02. The van der Waals surface area contributed by atoms with Gasteiger partial charge in [-0.25, -0.2) is 0 Å². The van der Waals surface area contributed by atoms with E-state index < -0.39 is 0 Å². The monoisotopic (exact) mass is 242 g/mol. The van der Waals surface area contributed by atoms with E-state index in [1.807, 2.05) is 30.3 Å². The highest BCUT2D eigenvalue weighted by atomic mass is 16.5. The Balaban J connectivity index is 2.57. The number of hydrogen-bond acceptors (Lipinski definition) is 3. The van der Waals surface area contributed by atoms with Crippen LogP contribution in [-0.2, 0) is 0 Å². The Bertz CT molecular complexity index is 588. The van der Waals surface area contributed by atoms with E-state index in [2.05, 4.69) is 0 Å². The van der Waals surface area contributed by atoms with Gasteiger partial charge in [-0.05, 0) is 23.8 Å². The lowest BCUT2D eigenvalue weighted by molar-refractivity contribution is 0.411. The van der Waals surface area contributed by atoms with Crippen LogP contribution < -0.4 is 14.9 Å². The Morgan fingerprint density at radius 2 is 1.50 bits per heavy atom. The van der Waals surface area contributed by atoms with Crippen LogP contribution in [0.25, 0.3) is 11.1 Å². The van der Waals surface area contributed by atoms with Crippen molar-refractivity contribution < 1.29 is 9.47 Å². The first-order valence-electron chi connectivity index (χ1n) is 5.58. The Labute approximate surface area is 106 Å². The van der Waals surface area contributed by atoms with Gasteiger partial charge < -0.3 is 9.47 Å². The molecule has 2 aromatic carbocycles. The van der Waals surface area contributed by atoms with E-state index in [0.717, 1.165) is 11.3 Å². The summed E-state index contributed by atoms with van der Waals surface area (Å²) in [4.78, 5) is 12.2. The molecule has 0 bridgehead atoms. The molecule has 3 nitrogen and oxygen atoms in total. The van der Waals surface area contributed by atoms with Gasteiger partial charge in [0.15, 0.2) is 5.75 Å². The zero-order valence-corrected chi connectivity index (χ0v) is 10.3. The maximum atomic E-state index is 12.2. The summed E-state index contributed by atoms with van der Waals surface area (Å²) in [6, 6.07) is 14.4. The third kappa shape index (κ3) is 2.35. The van der Waals surface area contributed by atoms with Crippen molar-refractivity contribution in [1.29, 1.82) is 0 Å². The lowest BCUT2D eigenvalue weighted by atomic mass is 10.1. The molecule has 0 aliphatic carbocycles. The van der Waals surface area contributed by atoms with Crippen LogP contribution in [-0.4, -0.2) is 14.2 Å². The minimum absolute atomic E-state index is 0.118. The first kappa shape index (κ1) is 12.2. The first-order valence-corrected chi connectivity index (χ1v) is 5.58. The predicted molar refractivity (Wildman–Crippen MR) is 71.3 cm³/mol. The van der Waals surface area contributed by atoms with Gasteiger partial charge in [0.2, 0.25) is 5.43 Å². The second-order valence-corrected chi connectivity index (χ2v) is 3.76. The molecule has 0 fully saturated rings. The van der Waals surface area contributed by atoms with E-state index in [9.17, 15) is 4.79 Å². The van der Waals surface area contributed by atoms with E-state index in [4.69, 9.17) is 9.47 Å². The second kappa shape index (κ2) is 5.36. The zero-order chi connectivity index (χ0) is 13.0. The number of hydrogen-bond donors (Lipinski definition) is 0. The molecule has 3 heteroatoms. The van der Waals surface area contributed by atoms with Crippen LogP contribution in [0.1, 0.15) is 0 Å². The number of rotatable bonds is 3. The molecule has 2 aromatic rings. The van der Waals surface area contributed by atoms with Crippen molar-refractivity contribution in [2.75, 3.05) is 14.2 Å². The normalized spacial score (nSPS) is 9.89. The average molecular weight is 242 g/mol. The largest absolute Gasteiger partial charge is 0.497 e. The van der Waals surface area contributed by atoms with Crippen molar-refractivity contribution in [2.24, 2.45) is 0 Å². The molecule has 0 aliphatic rings. The Morgan fingerprint density at radius 1 is 0.833 bits per heavy atom. The fourth-order valence-electron chi connectivity index (χ4n) is 1.74. The van der Waals surface area contributed by atoms with Crippen LogP contribution in [0.4, 0.5) is 0 Å². The molecule has 0 spiro atoms. The molecular weight excluding hydrogens is 228 g/mol. The topological polar surface area (TPSA) is 35.5 Å². The minimum Gasteiger partial charge on any atom is -0.497 e. The molecule has 0 heterocycles. The number of methoxy groups -OCH3 is 2. The smallest absolute Gasteiger partial charge is 0.228 e. The number of ether oxygens (including phenoxy) is 2. The molecule has 2 rings (SSSR count). The summed E-state index contributed by atoms with van der Waals surface area (Å²) in [5.74, 6) is 1.10. The molecule has 0 atom stereocenters. The van der Waals surface area contributed by atoms with Crippen LogP contribution in [0.15, 0.2) is 53.3 Å². The second-order valence-electron chi connectivity index (χ2n) is 3.76. The van der Waals surface area contributed by atoms with Crippen LogP contribution in [0.3, 0.4) is 0 Å². The van der Waals surface area contributed by atoms with Gasteiger partial charge >= 0.3 is 0 Å². The highest BCUT2D eigenvalue weighted by Crippen LogP contribution is 2.20. The van der Waals surface area contributed by atoms with Gasteiger partial charge in [0.1, 0.15) is 5.75 Å². The first-order chi connectivity index (χ1) is 8.76. The molecule has 0 unspecified atom stereocenters. The van der Waals surface area contributed by atoms with Gasteiger partial charge in [-0.15, -0.1) is 0 Å². The Kier molecular flexibility index (Phi) is 3.63. The van der Waals surface area contributed by atoms with Gasteiger partial charge in [0.25, 0.3) is 0 Å². The van der Waals surface area contributed by atoms with Crippen molar-refractivity contribution >= 4 is 0 Å². The fourth-order valence-corrected chi connectivity index (χ4v) is 1.74. The molecular formula is C15H14O3. The van der Waals surface area contributed by atoms with Gasteiger partial charge in [0.05, 0.1) is 14.2 Å². The van der Waals surface area contributed by atoms with Crippen molar-refractivity contribution in [1.82, 2.24) is 0 Å². The zero-order valence-electron chi connectivity index (χ0n) is 10.3. The molecule has 0 saturated carbocycles. The van der Waals surface area contributed by atoms with E-state index in [0.29, 0.717) is 11.3 Å². The third-order valence-corrected chi connectivity index (χ3v) is 2.71. The summed E-state index contributed by atoms with van der Waals surface area (Å²) in [6.45, 7) is 0. The van der Waals surface area contributed by atoms with Crippen molar-refractivity contribution in [2.45, 2.75) is 0 Å². The summed E-state index contributed by atoms with van der Waals surface area (Å²) < 4.78 is 10.2. The van der Waals surface area contributed by atoms with Crippen LogP contribution in [0.2, 0.25) is 0 Å². The molecule has 0 saturated heterocycles. The predicted octanol–water partition coefficient (Wildman–Crippen LogP) is 2.73. The molecule has 0 aliphatic heterocycles. The van der Waals surface area contributed by atoms with Gasteiger partial charge in [-0.1, -0.05) is 30.3 Å². The van der Waals surface area contributed by atoms with E-state index in [-0.39, 0.29) is 5.43 Å². The lowest BCUT2D eigenvalue weighted by Crippen LogP contribution is -2.04. The molecule has 18 heavy (non-hydrogen) atoms. The molecule has 92 valence electrons. The fraction of sp³-hybridized carbons (Fsp3) is 0.133. The highest BCUT2D eigenvalue weighted by Gasteiger charge is 2.05. The van der Waals surface area contributed by atoms with Crippen LogP contribution in [0, 0.1) is 0 Å². The summed E-state index contributed by atoms with van der Waals surface area (Å²) in [7, 11) is 3.11. The summed E-state index contributed by atoms with van der Waals surface area (Å²) in [5, 5.41) is 0. The molecule has 0 N–H and O–H groups in total. The van der Waals surface area contributed by atoms with Crippen LogP contribution >= 0.6 is 0 Å². The molecule has 0 amide bonds. The van der Waals surface area contributed by atoms with Gasteiger partial charge in [-0.2, -0.15) is 0 Å². The average Bonchev–Trinajstić information content (AvgIpc) is 2.60. The van der Waals surface area contributed by atoms with Crippen LogP contribution in [0.5, 0.6) is 11.5 Å². The third-order valence-electron chi connectivity index (χ3n) is 2.71. The van der Waals surface area contributed by atoms with Crippen molar-refractivity contribution in [3.05, 3.63) is 58.8 Å². The van der Waals surface area contributed by atoms with Crippen molar-refractivity contribution in [3.63, 3.8) is 0 Å². The van der Waals surface area contributed by atoms with Gasteiger partial charge in [0, 0.05) is 5.56 Å². The Hall–Kier alpha value is -2.29. The molecule has 0 aromatic heterocycles. The summed E-state index contributed by atoms with van der Waals surface area (Å²) >= 11 is 0. The summed E-state index contributed by atoms with van der Waals surface area (Å²) in [5.41, 5.74) is 1.34. The molecule has 0 radical (unpaired) electrons. The van der Waals surface area contributed by atoms with E-state index in [1.54, 1.807) is 25.3 Å². The van der Waals surface area contributed by atoms with E-state index in [1.165, 1.54) is 7.11 Å². The number of benzene rings is 1. The SMILES string of the molecule is COc1ccc(-c2ccccc(OC)c2=O)cc1. The maximum absolute atomic E-state index is 12.2. The quantitative estimate of drug-likeness (QED) is 0.830. The standard InChI is InChI=1S/C15H14O3/c1-17-12-9-7-11(8-10-12)13-5-3-4-6-14(18-2)15(13)16/h3-10H,1-2H3.